The summed E-state index contributed by atoms with van der Waals surface area (Å²) < 4.78 is 18.3. The predicted octanol–water partition coefficient (Wildman–Crippen LogP) is 5.33. The van der Waals surface area contributed by atoms with Gasteiger partial charge >= 0.3 is 5.97 Å². The molecule has 0 radical (unpaired) electrons. The van der Waals surface area contributed by atoms with Gasteiger partial charge in [-0.2, -0.15) is 0 Å². The average Bonchev–Trinajstić information content (AvgIpc) is 3.50. The van der Waals surface area contributed by atoms with Crippen LogP contribution >= 0.6 is 0 Å². The summed E-state index contributed by atoms with van der Waals surface area (Å²) >= 11 is 0. The highest BCUT2D eigenvalue weighted by molar-refractivity contribution is 5.75. The maximum Gasteiger partial charge on any atom is 0.323 e. The van der Waals surface area contributed by atoms with Gasteiger partial charge < -0.3 is 14.2 Å². The summed E-state index contributed by atoms with van der Waals surface area (Å²) in [6.07, 6.45) is 13.3. The van der Waals surface area contributed by atoms with E-state index in [4.69, 9.17) is 14.2 Å². The number of nitrogens with zero attached hydrogens (tertiary/aromatic N) is 1. The van der Waals surface area contributed by atoms with Crippen molar-refractivity contribution >= 4 is 5.97 Å². The molecule has 0 unspecified atom stereocenters. The number of hydrogen-bond donors (Lipinski definition) is 0. The second-order valence-corrected chi connectivity index (χ2v) is 12.2. The van der Waals surface area contributed by atoms with Crippen molar-refractivity contribution in [1.29, 1.82) is 0 Å². The molecule has 0 aromatic rings. The van der Waals surface area contributed by atoms with Crippen LogP contribution in [0.25, 0.3) is 0 Å². The van der Waals surface area contributed by atoms with Crippen LogP contribution < -0.4 is 0 Å². The lowest BCUT2D eigenvalue weighted by Gasteiger charge is -2.63. The van der Waals surface area contributed by atoms with Gasteiger partial charge in [-0.05, 0) is 88.1 Å². The molecule has 33 heavy (non-hydrogen) atoms. The molecule has 5 aliphatic rings. The Hall–Kier alpha value is -0.910. The van der Waals surface area contributed by atoms with Crippen molar-refractivity contribution < 1.29 is 19.0 Å². The number of ether oxygens (including phenoxy) is 3. The van der Waals surface area contributed by atoms with Crippen LogP contribution in [0.2, 0.25) is 0 Å². The molecule has 5 nitrogen and oxygen atoms in total. The first-order valence-electron chi connectivity index (χ1n) is 13.6. The minimum atomic E-state index is -0.0691. The topological polar surface area (TPSA) is 48.0 Å². The zero-order valence-electron chi connectivity index (χ0n) is 21.2. The zero-order chi connectivity index (χ0) is 23.2. The SMILES string of the molecule is C=C1CC[C@@H]2[C@]3(C)CO[C@H](C4CCCC4)O[C@@H]3CC[C@@]2(C)[C@@H]1CCN1CCC[C@H]1C(=O)OC. The summed E-state index contributed by atoms with van der Waals surface area (Å²) in [6, 6.07) is -0.0589. The van der Waals surface area contributed by atoms with Crippen LogP contribution in [0.1, 0.15) is 84.5 Å². The molecule has 186 valence electrons. The molecule has 3 aliphatic carbocycles. The normalized spacial score (nSPS) is 44.5. The minimum Gasteiger partial charge on any atom is -0.468 e. The highest BCUT2D eigenvalue weighted by Gasteiger charge is 2.60. The highest BCUT2D eigenvalue weighted by atomic mass is 16.7. The van der Waals surface area contributed by atoms with Crippen LogP contribution in [-0.4, -0.2) is 56.1 Å². The molecule has 3 saturated carbocycles. The molecule has 7 atom stereocenters. The Morgan fingerprint density at radius 3 is 2.67 bits per heavy atom. The van der Waals surface area contributed by atoms with E-state index < -0.39 is 0 Å². The number of allylic oxidation sites excluding steroid dienone is 1. The van der Waals surface area contributed by atoms with Gasteiger partial charge in [0.2, 0.25) is 0 Å². The lowest BCUT2D eigenvalue weighted by molar-refractivity contribution is -0.316. The van der Waals surface area contributed by atoms with Gasteiger partial charge in [0.1, 0.15) is 6.04 Å². The van der Waals surface area contributed by atoms with E-state index in [-0.39, 0.29) is 29.1 Å². The van der Waals surface area contributed by atoms with Gasteiger partial charge in [0.25, 0.3) is 0 Å². The molecule has 5 rings (SSSR count). The van der Waals surface area contributed by atoms with Crippen molar-refractivity contribution in [2.75, 3.05) is 26.8 Å². The summed E-state index contributed by atoms with van der Waals surface area (Å²) in [7, 11) is 1.51. The lowest BCUT2D eigenvalue weighted by Crippen LogP contribution is -2.62. The van der Waals surface area contributed by atoms with Crippen LogP contribution in [0.15, 0.2) is 12.2 Å². The summed E-state index contributed by atoms with van der Waals surface area (Å²) in [6.45, 7) is 12.3. The molecule has 2 saturated heterocycles. The van der Waals surface area contributed by atoms with Crippen LogP contribution in [0.5, 0.6) is 0 Å². The molecule has 0 aromatic heterocycles. The molecule has 0 N–H and O–H groups in total. The monoisotopic (exact) mass is 459 g/mol. The third-order valence-corrected chi connectivity index (χ3v) is 10.5. The first-order chi connectivity index (χ1) is 15.9. The molecule has 0 bridgehead atoms. The largest absolute Gasteiger partial charge is 0.468 e. The molecule has 2 heterocycles. The maximum absolute atomic E-state index is 12.2. The second-order valence-electron chi connectivity index (χ2n) is 12.2. The molecule has 0 amide bonds. The lowest BCUT2D eigenvalue weighted by atomic mass is 9.46. The smallest absolute Gasteiger partial charge is 0.323 e. The molecule has 0 spiro atoms. The standard InChI is InChI=1S/C28H45NO4/c1-19-11-12-23-27(2,21(19)14-17-29-16-7-10-22(29)25(30)31-4)15-13-24-28(23,3)18-32-26(33-24)20-8-5-6-9-20/h20-24,26H,1,5-18H2,2-4H3/t21-,22+,23+,24-,26+,27+,28+/m1/s1. The van der Waals surface area contributed by atoms with E-state index in [1.165, 1.54) is 51.2 Å². The number of methoxy groups -OCH3 is 1. The van der Waals surface area contributed by atoms with Crippen LogP contribution in [0, 0.1) is 28.6 Å². The van der Waals surface area contributed by atoms with Crippen molar-refractivity contribution in [1.82, 2.24) is 4.90 Å². The van der Waals surface area contributed by atoms with Crippen LogP contribution in [-0.2, 0) is 19.0 Å². The predicted molar refractivity (Wildman–Crippen MR) is 129 cm³/mol. The fourth-order valence-electron chi connectivity index (χ4n) is 8.65. The third-order valence-electron chi connectivity index (χ3n) is 10.5. The summed E-state index contributed by atoms with van der Waals surface area (Å²) in [4.78, 5) is 14.6. The molecule has 5 fully saturated rings. The number of carbonyl (C=O) groups excluding carboxylic acids is 1. The summed E-state index contributed by atoms with van der Waals surface area (Å²) in [5.74, 6) is 1.63. The number of fused-ring (bicyclic) bond motifs is 3. The van der Waals surface area contributed by atoms with Crippen molar-refractivity contribution in [3.8, 4) is 0 Å². The fourth-order valence-corrected chi connectivity index (χ4v) is 8.65. The number of likely N-dealkylation sites (tertiary alicyclic amines) is 1. The Morgan fingerprint density at radius 2 is 1.91 bits per heavy atom. The van der Waals surface area contributed by atoms with Gasteiger partial charge in [0.05, 0.1) is 19.8 Å². The van der Waals surface area contributed by atoms with Crippen molar-refractivity contribution in [3.63, 3.8) is 0 Å². The Bertz CT molecular complexity index is 748. The van der Waals surface area contributed by atoms with Crippen LogP contribution in [0.3, 0.4) is 0 Å². The van der Waals surface area contributed by atoms with Gasteiger partial charge in [0, 0.05) is 11.3 Å². The number of rotatable bonds is 5. The molecule has 5 heteroatoms. The van der Waals surface area contributed by atoms with Gasteiger partial charge in [-0.3, -0.25) is 9.69 Å². The van der Waals surface area contributed by atoms with E-state index in [2.05, 4.69) is 25.3 Å². The molecular weight excluding hydrogens is 414 g/mol. The van der Waals surface area contributed by atoms with E-state index in [9.17, 15) is 4.79 Å². The molecule has 0 aromatic carbocycles. The van der Waals surface area contributed by atoms with Gasteiger partial charge in [-0.15, -0.1) is 0 Å². The van der Waals surface area contributed by atoms with E-state index >= 15 is 0 Å². The Labute approximate surface area is 200 Å². The average molecular weight is 460 g/mol. The number of carbonyl (C=O) groups is 1. The maximum atomic E-state index is 12.2. The molecule has 2 aliphatic heterocycles. The first kappa shape index (κ1) is 23.8. The minimum absolute atomic E-state index is 0.0229. The van der Waals surface area contributed by atoms with Crippen molar-refractivity contribution in [3.05, 3.63) is 12.2 Å². The van der Waals surface area contributed by atoms with Crippen molar-refractivity contribution in [2.45, 2.75) is 103 Å². The Balaban J connectivity index is 1.29. The number of hydrogen-bond acceptors (Lipinski definition) is 5. The number of esters is 1. The van der Waals surface area contributed by atoms with Gasteiger partial charge in [-0.1, -0.05) is 38.8 Å². The van der Waals surface area contributed by atoms with Crippen LogP contribution in [0.4, 0.5) is 0 Å². The van der Waals surface area contributed by atoms with Gasteiger partial charge in [-0.25, -0.2) is 0 Å². The first-order valence-corrected chi connectivity index (χ1v) is 13.6. The zero-order valence-corrected chi connectivity index (χ0v) is 21.2. The van der Waals surface area contributed by atoms with E-state index in [0.717, 1.165) is 51.8 Å². The Morgan fingerprint density at radius 1 is 1.12 bits per heavy atom. The molecular formula is C28H45NO4. The Kier molecular flexibility index (Phi) is 6.69. The second kappa shape index (κ2) is 9.28. The van der Waals surface area contributed by atoms with E-state index in [1.54, 1.807) is 0 Å². The highest BCUT2D eigenvalue weighted by Crippen LogP contribution is 2.63. The van der Waals surface area contributed by atoms with E-state index in [1.807, 2.05) is 0 Å². The summed E-state index contributed by atoms with van der Waals surface area (Å²) in [5.41, 5.74) is 1.74. The summed E-state index contributed by atoms with van der Waals surface area (Å²) in [5, 5.41) is 0. The van der Waals surface area contributed by atoms with Crippen molar-refractivity contribution in [2.24, 2.45) is 28.6 Å². The fraction of sp³-hybridized carbons (Fsp3) is 0.893. The van der Waals surface area contributed by atoms with E-state index in [0.29, 0.717) is 23.9 Å². The van der Waals surface area contributed by atoms with Gasteiger partial charge in [0.15, 0.2) is 6.29 Å². The third kappa shape index (κ3) is 4.10. The quantitative estimate of drug-likeness (QED) is 0.411.